The summed E-state index contributed by atoms with van der Waals surface area (Å²) in [5.41, 5.74) is -0.296. The van der Waals surface area contributed by atoms with Crippen molar-refractivity contribution >= 4 is 27.5 Å². The van der Waals surface area contributed by atoms with Crippen molar-refractivity contribution in [1.82, 2.24) is 14.8 Å². The predicted molar refractivity (Wildman–Crippen MR) is 97.8 cm³/mol. The van der Waals surface area contributed by atoms with Crippen LogP contribution in [0.15, 0.2) is 35.3 Å². The molecular weight excluding hydrogens is 399 g/mol. The number of hydrogen-bond acceptors (Lipinski definition) is 3. The third-order valence-electron chi connectivity index (χ3n) is 6.60. The van der Waals surface area contributed by atoms with Crippen molar-refractivity contribution in [3.63, 3.8) is 0 Å². The molecule has 136 valence electrons. The molecule has 0 spiro atoms. The molecule has 7 heteroatoms. The second kappa shape index (κ2) is 5.62. The van der Waals surface area contributed by atoms with E-state index in [0.29, 0.717) is 16.3 Å². The first-order valence-electron chi connectivity index (χ1n) is 9.10. The monoisotopic (exact) mass is 418 g/mol. The summed E-state index contributed by atoms with van der Waals surface area (Å²) < 4.78 is 16.9. The molecule has 0 saturated heterocycles. The molecule has 2 unspecified atom stereocenters. The van der Waals surface area contributed by atoms with E-state index in [0.717, 1.165) is 32.1 Å². The number of carbonyl (C=O) groups excluding carboxylic acids is 1. The van der Waals surface area contributed by atoms with E-state index in [1.165, 1.54) is 12.5 Å². The van der Waals surface area contributed by atoms with E-state index < -0.39 is 11.2 Å². The first-order chi connectivity index (χ1) is 12.5. The highest BCUT2D eigenvalue weighted by Crippen LogP contribution is 2.64. The van der Waals surface area contributed by atoms with Crippen LogP contribution in [-0.2, 0) is 10.3 Å². The van der Waals surface area contributed by atoms with Gasteiger partial charge in [-0.25, -0.2) is 14.1 Å². The SMILES string of the molecule is O=C(Nc1ccc(Br)cc1F)C12CC3CC(C1)CC(n1cncn1)(C3)C2. The molecule has 4 bridgehead atoms. The fourth-order valence-corrected chi connectivity index (χ4v) is 6.38. The Bertz CT molecular complexity index is 854. The van der Waals surface area contributed by atoms with Crippen LogP contribution in [0.4, 0.5) is 10.1 Å². The maximum absolute atomic E-state index is 14.2. The minimum atomic E-state index is -0.435. The zero-order valence-corrected chi connectivity index (χ0v) is 15.9. The second-order valence-corrected chi connectivity index (χ2v) is 9.30. The van der Waals surface area contributed by atoms with Crippen LogP contribution in [0, 0.1) is 23.1 Å². The Labute approximate surface area is 159 Å². The molecule has 1 amide bonds. The van der Waals surface area contributed by atoms with Gasteiger partial charge in [-0.05, 0) is 68.6 Å². The average molecular weight is 419 g/mol. The van der Waals surface area contributed by atoms with E-state index in [2.05, 4.69) is 31.3 Å². The van der Waals surface area contributed by atoms with Crippen LogP contribution in [0.3, 0.4) is 0 Å². The van der Waals surface area contributed by atoms with Crippen molar-refractivity contribution in [2.24, 2.45) is 17.3 Å². The van der Waals surface area contributed by atoms with Crippen LogP contribution in [0.25, 0.3) is 0 Å². The molecule has 4 saturated carbocycles. The van der Waals surface area contributed by atoms with E-state index in [9.17, 15) is 9.18 Å². The lowest BCUT2D eigenvalue weighted by atomic mass is 9.46. The molecule has 2 aromatic rings. The summed E-state index contributed by atoms with van der Waals surface area (Å²) >= 11 is 3.25. The van der Waals surface area contributed by atoms with E-state index in [1.807, 2.05) is 4.68 Å². The maximum atomic E-state index is 14.2. The normalized spacial score (nSPS) is 34.8. The fourth-order valence-electron chi connectivity index (χ4n) is 6.05. The lowest BCUT2D eigenvalue weighted by Gasteiger charge is -2.60. The zero-order valence-electron chi connectivity index (χ0n) is 14.3. The molecule has 4 aliphatic carbocycles. The van der Waals surface area contributed by atoms with Crippen LogP contribution < -0.4 is 5.32 Å². The molecule has 1 heterocycles. The van der Waals surface area contributed by atoms with Gasteiger partial charge in [0.1, 0.15) is 18.5 Å². The molecule has 26 heavy (non-hydrogen) atoms. The molecule has 2 atom stereocenters. The number of aromatic nitrogens is 3. The van der Waals surface area contributed by atoms with Gasteiger partial charge < -0.3 is 5.32 Å². The van der Waals surface area contributed by atoms with Crippen LogP contribution in [0.5, 0.6) is 0 Å². The summed E-state index contributed by atoms with van der Waals surface area (Å²) in [5.74, 6) is 0.600. The first-order valence-corrected chi connectivity index (χ1v) is 9.89. The Morgan fingerprint density at radius 1 is 1.27 bits per heavy atom. The van der Waals surface area contributed by atoms with Gasteiger partial charge in [0.05, 0.1) is 16.6 Å². The lowest BCUT2D eigenvalue weighted by molar-refractivity contribution is -0.150. The smallest absolute Gasteiger partial charge is 0.230 e. The number of rotatable bonds is 3. The van der Waals surface area contributed by atoms with Crippen LogP contribution in [-0.4, -0.2) is 20.7 Å². The Morgan fingerprint density at radius 3 is 2.69 bits per heavy atom. The summed E-state index contributed by atoms with van der Waals surface area (Å²) in [5, 5.41) is 7.29. The minimum Gasteiger partial charge on any atom is -0.323 e. The highest BCUT2D eigenvalue weighted by molar-refractivity contribution is 9.10. The first kappa shape index (κ1) is 16.4. The number of carbonyl (C=O) groups is 1. The number of nitrogens with one attached hydrogen (secondary N) is 1. The largest absolute Gasteiger partial charge is 0.323 e. The summed E-state index contributed by atoms with van der Waals surface area (Å²) in [6, 6.07) is 4.74. The van der Waals surface area contributed by atoms with Gasteiger partial charge in [-0.2, -0.15) is 5.10 Å². The standard InChI is InChI=1S/C19H20BrFN4O/c20-14-1-2-16(15(21)4-14)24-17(26)18-5-12-3-13(6-18)8-19(7-12,9-18)25-11-22-10-23-25/h1-2,4,10-13H,3,5-9H2,(H,24,26). The predicted octanol–water partition coefficient (Wildman–Crippen LogP) is 4.11. The molecule has 0 radical (unpaired) electrons. The van der Waals surface area contributed by atoms with Gasteiger partial charge in [0.25, 0.3) is 0 Å². The van der Waals surface area contributed by atoms with Crippen molar-refractivity contribution in [2.45, 2.75) is 44.1 Å². The lowest BCUT2D eigenvalue weighted by Crippen LogP contribution is -2.60. The second-order valence-electron chi connectivity index (χ2n) is 8.38. The van der Waals surface area contributed by atoms with Crippen molar-refractivity contribution in [3.05, 3.63) is 41.1 Å². The van der Waals surface area contributed by atoms with Crippen molar-refractivity contribution in [3.8, 4) is 0 Å². The Balaban J connectivity index is 1.47. The number of halogens is 2. The maximum Gasteiger partial charge on any atom is 0.230 e. The van der Waals surface area contributed by atoms with Crippen LogP contribution in [0.2, 0.25) is 0 Å². The number of nitrogens with zero attached hydrogens (tertiary/aromatic N) is 3. The van der Waals surface area contributed by atoms with Gasteiger partial charge >= 0.3 is 0 Å². The molecule has 5 nitrogen and oxygen atoms in total. The van der Waals surface area contributed by atoms with Gasteiger partial charge in [0.15, 0.2) is 0 Å². The summed E-state index contributed by atoms with van der Waals surface area (Å²) in [4.78, 5) is 17.4. The van der Waals surface area contributed by atoms with Gasteiger partial charge in [-0.1, -0.05) is 15.9 Å². The minimum absolute atomic E-state index is 0.0442. The zero-order chi connectivity index (χ0) is 17.9. The van der Waals surface area contributed by atoms with Gasteiger partial charge in [-0.15, -0.1) is 0 Å². The fraction of sp³-hybridized carbons (Fsp3) is 0.526. The molecule has 0 aliphatic heterocycles. The van der Waals surface area contributed by atoms with E-state index >= 15 is 0 Å². The summed E-state index contributed by atoms with van der Waals surface area (Å²) in [6.45, 7) is 0. The number of amides is 1. The quantitative estimate of drug-likeness (QED) is 0.815. The summed E-state index contributed by atoms with van der Waals surface area (Å²) in [7, 11) is 0. The number of hydrogen-bond donors (Lipinski definition) is 1. The molecule has 1 aromatic carbocycles. The van der Waals surface area contributed by atoms with Crippen molar-refractivity contribution in [2.75, 3.05) is 5.32 Å². The van der Waals surface area contributed by atoms with Gasteiger partial charge in [0.2, 0.25) is 5.91 Å². The van der Waals surface area contributed by atoms with E-state index in [-0.39, 0.29) is 17.1 Å². The molecule has 1 aromatic heterocycles. The van der Waals surface area contributed by atoms with Crippen LogP contribution >= 0.6 is 15.9 Å². The molecular formula is C19H20BrFN4O. The molecule has 4 fully saturated rings. The summed E-state index contributed by atoms with van der Waals surface area (Å²) in [6.07, 6.45) is 9.23. The number of benzene rings is 1. The highest BCUT2D eigenvalue weighted by atomic mass is 79.9. The molecule has 4 aliphatic rings. The Morgan fingerprint density at radius 2 is 2.04 bits per heavy atom. The van der Waals surface area contributed by atoms with Crippen molar-refractivity contribution in [1.29, 1.82) is 0 Å². The third-order valence-corrected chi connectivity index (χ3v) is 7.09. The topological polar surface area (TPSA) is 59.8 Å². The van der Waals surface area contributed by atoms with Crippen LogP contribution in [0.1, 0.15) is 38.5 Å². The van der Waals surface area contributed by atoms with Gasteiger partial charge in [-0.3, -0.25) is 4.79 Å². The van der Waals surface area contributed by atoms with Crippen molar-refractivity contribution < 1.29 is 9.18 Å². The van der Waals surface area contributed by atoms with Gasteiger partial charge in [0, 0.05) is 4.47 Å². The molecule has 6 rings (SSSR count). The van der Waals surface area contributed by atoms with E-state index in [4.69, 9.17) is 0 Å². The Kier molecular flexibility index (Phi) is 3.55. The molecule has 1 N–H and O–H groups in total. The van der Waals surface area contributed by atoms with E-state index in [1.54, 1.807) is 24.8 Å². The Hall–Kier alpha value is -1.76. The highest BCUT2D eigenvalue weighted by Gasteiger charge is 2.61. The number of anilines is 1. The third kappa shape index (κ3) is 2.43. The average Bonchev–Trinajstić information content (AvgIpc) is 3.11.